The van der Waals surface area contributed by atoms with Crippen molar-refractivity contribution in [1.29, 1.82) is 0 Å². The average molecular weight is 345 g/mol. The number of cyclic esters (lactones) is 2. The largest absolute Gasteiger partial charge is 0.405 e. The molecule has 2 aliphatic rings. The van der Waals surface area contributed by atoms with Gasteiger partial charge in [-0.25, -0.2) is 13.2 Å². The van der Waals surface area contributed by atoms with Crippen molar-refractivity contribution in [3.05, 3.63) is 29.6 Å². The normalized spacial score (nSPS) is 19.8. The van der Waals surface area contributed by atoms with Crippen LogP contribution < -0.4 is 4.90 Å². The van der Waals surface area contributed by atoms with E-state index in [9.17, 15) is 22.8 Å². The van der Waals surface area contributed by atoms with Crippen LogP contribution in [-0.2, 0) is 23.8 Å². The second-order valence-electron chi connectivity index (χ2n) is 5.44. The topological polar surface area (TPSA) is 65.1 Å². The zero-order valence-corrected chi connectivity index (χ0v) is 12.5. The van der Waals surface area contributed by atoms with E-state index < -0.39 is 42.2 Å². The molecule has 0 saturated carbocycles. The van der Waals surface area contributed by atoms with E-state index in [4.69, 9.17) is 14.2 Å². The quantitative estimate of drug-likeness (QED) is 0.473. The molecular formula is C15H14F3NO5. The summed E-state index contributed by atoms with van der Waals surface area (Å²) in [6.45, 7) is 0.754. The number of carbonyl (C=O) groups is 2. The van der Waals surface area contributed by atoms with Gasteiger partial charge in [0.05, 0.1) is 0 Å². The molecule has 3 rings (SSSR count). The van der Waals surface area contributed by atoms with Gasteiger partial charge in [-0.15, -0.1) is 0 Å². The second-order valence-corrected chi connectivity index (χ2v) is 5.44. The lowest BCUT2D eigenvalue weighted by Gasteiger charge is -2.40. The Kier molecular flexibility index (Phi) is 4.61. The first kappa shape index (κ1) is 16.6. The predicted molar refractivity (Wildman–Crippen MR) is 73.2 cm³/mol. The third-order valence-corrected chi connectivity index (χ3v) is 3.83. The molecule has 24 heavy (non-hydrogen) atoms. The van der Waals surface area contributed by atoms with Gasteiger partial charge in [0.2, 0.25) is 0 Å². The molecule has 2 fully saturated rings. The minimum Gasteiger partial charge on any atom is -0.405 e. The summed E-state index contributed by atoms with van der Waals surface area (Å²) in [5.74, 6) is -6.01. The Morgan fingerprint density at radius 3 is 2.04 bits per heavy atom. The molecule has 0 bridgehead atoms. The van der Waals surface area contributed by atoms with Crippen LogP contribution in [0.25, 0.3) is 0 Å². The van der Waals surface area contributed by atoms with E-state index in [0.717, 1.165) is 12.1 Å². The summed E-state index contributed by atoms with van der Waals surface area (Å²) < 4.78 is 55.7. The molecule has 0 aliphatic carbocycles. The van der Waals surface area contributed by atoms with Crippen molar-refractivity contribution in [1.82, 2.24) is 0 Å². The molecule has 0 aromatic heterocycles. The van der Waals surface area contributed by atoms with Crippen LogP contribution in [0.3, 0.4) is 0 Å². The Morgan fingerprint density at radius 1 is 0.958 bits per heavy atom. The number of rotatable bonds is 3. The van der Waals surface area contributed by atoms with E-state index in [1.807, 2.05) is 0 Å². The fraction of sp³-hybridized carbons (Fsp3) is 0.467. The first-order chi connectivity index (χ1) is 11.5. The molecule has 6 nitrogen and oxygen atoms in total. The summed E-state index contributed by atoms with van der Waals surface area (Å²) in [6, 6.07) is 1.17. The third-order valence-electron chi connectivity index (χ3n) is 3.83. The maximum Gasteiger partial charge on any atom is 0.332 e. The lowest BCUT2D eigenvalue weighted by molar-refractivity contribution is -0.204. The Hall–Kier alpha value is -2.29. The predicted octanol–water partition coefficient (Wildman–Crippen LogP) is 1.86. The Balaban J connectivity index is 1.98. The minimum atomic E-state index is -1.61. The smallest absolute Gasteiger partial charge is 0.332 e. The molecule has 0 atom stereocenters. The number of hydrogen-bond donors (Lipinski definition) is 0. The van der Waals surface area contributed by atoms with Crippen molar-refractivity contribution in [2.24, 2.45) is 0 Å². The van der Waals surface area contributed by atoms with Gasteiger partial charge in [0.25, 0.3) is 0 Å². The highest BCUT2D eigenvalue weighted by atomic mass is 19.2. The van der Waals surface area contributed by atoms with Crippen LogP contribution in [0.5, 0.6) is 0 Å². The van der Waals surface area contributed by atoms with Gasteiger partial charge in [0.1, 0.15) is 6.42 Å². The summed E-state index contributed by atoms with van der Waals surface area (Å²) in [5.41, 5.74) is -0.0919. The molecule has 0 radical (unpaired) electrons. The summed E-state index contributed by atoms with van der Waals surface area (Å²) in [6.07, 6.45) is -1.10. The molecule has 1 aromatic carbocycles. The summed E-state index contributed by atoms with van der Waals surface area (Å²) >= 11 is 0. The molecule has 0 unspecified atom stereocenters. The van der Waals surface area contributed by atoms with Crippen molar-refractivity contribution in [3.63, 3.8) is 0 Å². The maximum absolute atomic E-state index is 13.6. The molecule has 0 amide bonds. The second kappa shape index (κ2) is 6.68. The van der Waals surface area contributed by atoms with E-state index in [0.29, 0.717) is 26.1 Å². The average Bonchev–Trinajstić information content (AvgIpc) is 2.53. The molecular weight excluding hydrogens is 331 g/mol. The Bertz CT molecular complexity index is 624. The van der Waals surface area contributed by atoms with E-state index in [-0.39, 0.29) is 11.7 Å². The monoisotopic (exact) mass is 345 g/mol. The SMILES string of the molecule is O=C1CC(=O)OC(N(c2cc(F)c(F)c(F)c2)C2CCOCC2)O1. The number of nitrogens with zero attached hydrogens (tertiary/aromatic N) is 1. The van der Waals surface area contributed by atoms with Crippen LogP contribution in [-0.4, -0.2) is 37.6 Å². The zero-order chi connectivity index (χ0) is 17.3. The van der Waals surface area contributed by atoms with Crippen LogP contribution in [0.2, 0.25) is 0 Å². The molecule has 0 spiro atoms. The lowest BCUT2D eigenvalue weighted by atomic mass is 10.1. The highest BCUT2D eigenvalue weighted by Gasteiger charge is 2.38. The number of carbonyl (C=O) groups excluding carboxylic acids is 2. The van der Waals surface area contributed by atoms with Gasteiger partial charge >= 0.3 is 18.4 Å². The molecule has 2 saturated heterocycles. The van der Waals surface area contributed by atoms with Gasteiger partial charge in [-0.3, -0.25) is 14.5 Å². The summed E-state index contributed by atoms with van der Waals surface area (Å²) in [5, 5.41) is 0. The van der Waals surface area contributed by atoms with E-state index in [2.05, 4.69) is 0 Å². The van der Waals surface area contributed by atoms with E-state index in [1.165, 1.54) is 4.90 Å². The van der Waals surface area contributed by atoms with Crippen LogP contribution >= 0.6 is 0 Å². The number of hydrogen-bond acceptors (Lipinski definition) is 6. The van der Waals surface area contributed by atoms with Crippen molar-refractivity contribution >= 4 is 17.6 Å². The Morgan fingerprint density at radius 2 is 1.50 bits per heavy atom. The van der Waals surface area contributed by atoms with E-state index >= 15 is 0 Å². The number of anilines is 1. The van der Waals surface area contributed by atoms with Gasteiger partial charge in [-0.1, -0.05) is 0 Å². The molecule has 0 N–H and O–H groups in total. The van der Waals surface area contributed by atoms with Gasteiger partial charge in [-0.2, -0.15) is 0 Å². The first-order valence-corrected chi connectivity index (χ1v) is 7.35. The van der Waals surface area contributed by atoms with Crippen molar-refractivity contribution in [2.45, 2.75) is 31.7 Å². The fourth-order valence-electron chi connectivity index (χ4n) is 2.72. The van der Waals surface area contributed by atoms with Gasteiger partial charge in [-0.05, 0) is 12.8 Å². The van der Waals surface area contributed by atoms with Crippen molar-refractivity contribution in [2.75, 3.05) is 18.1 Å². The number of halogens is 3. The highest BCUT2D eigenvalue weighted by molar-refractivity contribution is 5.92. The standard InChI is InChI=1S/C15H14F3NO5/c16-10-5-9(6-11(17)14(10)18)19(8-1-3-22-4-2-8)15-23-12(20)7-13(21)24-15/h5-6,8,15H,1-4,7H2. The minimum absolute atomic E-state index is 0.0919. The first-order valence-electron chi connectivity index (χ1n) is 7.35. The third kappa shape index (κ3) is 3.30. The summed E-state index contributed by atoms with van der Waals surface area (Å²) in [4.78, 5) is 24.3. The van der Waals surface area contributed by atoms with Gasteiger partial charge in [0.15, 0.2) is 17.5 Å². The van der Waals surface area contributed by atoms with Crippen LogP contribution in [0.4, 0.5) is 18.9 Å². The molecule has 130 valence electrons. The van der Waals surface area contributed by atoms with Crippen LogP contribution in [0.15, 0.2) is 12.1 Å². The fourth-order valence-corrected chi connectivity index (χ4v) is 2.72. The highest BCUT2D eigenvalue weighted by Crippen LogP contribution is 2.30. The number of ether oxygens (including phenoxy) is 3. The number of esters is 2. The lowest BCUT2D eigenvalue weighted by Crippen LogP contribution is -2.52. The van der Waals surface area contributed by atoms with Gasteiger partial charge < -0.3 is 14.2 Å². The Labute approximate surface area is 135 Å². The zero-order valence-electron chi connectivity index (χ0n) is 12.5. The maximum atomic E-state index is 13.6. The molecule has 2 heterocycles. The van der Waals surface area contributed by atoms with Crippen LogP contribution in [0, 0.1) is 17.5 Å². The van der Waals surface area contributed by atoms with Crippen molar-refractivity contribution < 1.29 is 37.0 Å². The molecule has 1 aromatic rings. The van der Waals surface area contributed by atoms with E-state index in [1.54, 1.807) is 0 Å². The van der Waals surface area contributed by atoms with Crippen LogP contribution in [0.1, 0.15) is 19.3 Å². The van der Waals surface area contributed by atoms with Crippen molar-refractivity contribution in [3.8, 4) is 0 Å². The summed E-state index contributed by atoms with van der Waals surface area (Å²) in [7, 11) is 0. The van der Waals surface area contributed by atoms with Gasteiger partial charge in [0, 0.05) is 37.1 Å². The molecule has 9 heteroatoms. The number of benzene rings is 1. The molecule has 2 aliphatic heterocycles.